The van der Waals surface area contributed by atoms with Gasteiger partial charge in [0.1, 0.15) is 23.7 Å². The lowest BCUT2D eigenvalue weighted by molar-refractivity contribution is -0.383. The number of methoxy groups -OCH3 is 1. The highest BCUT2D eigenvalue weighted by Gasteiger charge is 2.24. The van der Waals surface area contributed by atoms with Crippen molar-refractivity contribution >= 4 is 28.9 Å². The molecule has 0 spiro atoms. The van der Waals surface area contributed by atoms with Crippen molar-refractivity contribution in [3.63, 3.8) is 0 Å². The number of hydrazine groups is 1. The van der Waals surface area contributed by atoms with Crippen LogP contribution in [0.15, 0.2) is 48.8 Å². The summed E-state index contributed by atoms with van der Waals surface area (Å²) in [4.78, 5) is 30.4. The average molecular weight is 416 g/mol. The number of amides is 1. The second kappa shape index (κ2) is 8.77. The van der Waals surface area contributed by atoms with Gasteiger partial charge in [0, 0.05) is 11.6 Å². The highest BCUT2D eigenvalue weighted by molar-refractivity contribution is 5.95. The molecule has 0 fully saturated rings. The van der Waals surface area contributed by atoms with Gasteiger partial charge in [-0.15, -0.1) is 0 Å². The lowest BCUT2D eigenvalue weighted by Crippen LogP contribution is -2.30. The zero-order valence-corrected chi connectivity index (χ0v) is 15.3. The van der Waals surface area contributed by atoms with Gasteiger partial charge >= 0.3 is 5.69 Å². The van der Waals surface area contributed by atoms with Crippen molar-refractivity contribution in [2.24, 2.45) is 0 Å². The monoisotopic (exact) mass is 416 g/mol. The maximum absolute atomic E-state index is 13.9. The van der Waals surface area contributed by atoms with E-state index in [0.717, 1.165) is 24.5 Å². The van der Waals surface area contributed by atoms with E-state index in [4.69, 9.17) is 4.74 Å². The fourth-order valence-corrected chi connectivity index (χ4v) is 2.39. The molecule has 12 heteroatoms. The summed E-state index contributed by atoms with van der Waals surface area (Å²) in [5.41, 5.74) is 3.83. The molecule has 0 saturated carbocycles. The lowest BCUT2D eigenvalue weighted by Gasteiger charge is -2.11. The molecular weight excluding hydrogens is 402 g/mol. The first-order valence-corrected chi connectivity index (χ1v) is 8.31. The van der Waals surface area contributed by atoms with Gasteiger partial charge < -0.3 is 10.1 Å². The van der Waals surface area contributed by atoms with Crippen LogP contribution in [0.1, 0.15) is 10.4 Å². The minimum absolute atomic E-state index is 0.250. The van der Waals surface area contributed by atoms with Gasteiger partial charge in [-0.3, -0.25) is 25.8 Å². The Labute approximate surface area is 168 Å². The number of nitrogens with zero attached hydrogens (tertiary/aromatic N) is 3. The molecule has 0 atom stereocenters. The molecule has 0 saturated heterocycles. The molecule has 0 bridgehead atoms. The number of hydrogen-bond donors (Lipinski definition) is 3. The first kappa shape index (κ1) is 20.4. The maximum atomic E-state index is 13.9. The van der Waals surface area contributed by atoms with Gasteiger partial charge in [0.05, 0.1) is 17.7 Å². The maximum Gasteiger partial charge on any atom is 0.355 e. The zero-order valence-electron chi connectivity index (χ0n) is 15.3. The quantitative estimate of drug-likeness (QED) is 0.395. The third-order valence-electron chi connectivity index (χ3n) is 3.83. The number of halogens is 2. The standard InChI is InChI=1S/C18H14F2N6O4/c1-30-12-5-2-10(3-6-12)18(27)25-24-17-15(26(28)29)16(21-9-22-17)23-14-8-11(19)4-7-13(14)20/h2-9H,1H3,(H,25,27)(H2,21,22,23,24). The van der Waals surface area contributed by atoms with Gasteiger partial charge in [0.15, 0.2) is 0 Å². The Morgan fingerprint density at radius 3 is 2.47 bits per heavy atom. The molecule has 1 aromatic heterocycles. The molecule has 1 heterocycles. The Kier molecular flexibility index (Phi) is 5.96. The molecule has 0 radical (unpaired) electrons. The normalized spacial score (nSPS) is 10.2. The molecule has 3 N–H and O–H groups in total. The molecular formula is C18H14F2N6O4. The second-order valence-electron chi connectivity index (χ2n) is 5.73. The van der Waals surface area contributed by atoms with Gasteiger partial charge in [-0.2, -0.15) is 0 Å². The number of carbonyl (C=O) groups is 1. The van der Waals surface area contributed by atoms with Crippen LogP contribution in [0.4, 0.5) is 31.8 Å². The van der Waals surface area contributed by atoms with E-state index < -0.39 is 34.0 Å². The topological polar surface area (TPSA) is 131 Å². The molecule has 10 nitrogen and oxygen atoms in total. The zero-order chi connectivity index (χ0) is 21.7. The fourth-order valence-electron chi connectivity index (χ4n) is 2.39. The molecule has 0 aliphatic carbocycles. The number of carbonyl (C=O) groups excluding carboxylic acids is 1. The van der Waals surface area contributed by atoms with E-state index in [0.29, 0.717) is 5.75 Å². The molecule has 3 rings (SSSR count). The number of ether oxygens (including phenoxy) is 1. The molecule has 3 aromatic rings. The minimum Gasteiger partial charge on any atom is -0.497 e. The van der Waals surface area contributed by atoms with Crippen LogP contribution in [-0.2, 0) is 0 Å². The van der Waals surface area contributed by atoms with E-state index in [1.807, 2.05) is 0 Å². The summed E-state index contributed by atoms with van der Waals surface area (Å²) in [5, 5.41) is 13.9. The van der Waals surface area contributed by atoms with E-state index in [1.165, 1.54) is 19.2 Å². The third-order valence-corrected chi connectivity index (χ3v) is 3.83. The molecule has 30 heavy (non-hydrogen) atoms. The van der Waals surface area contributed by atoms with Gasteiger partial charge in [-0.1, -0.05) is 0 Å². The van der Waals surface area contributed by atoms with Crippen molar-refractivity contribution in [2.75, 3.05) is 17.9 Å². The number of nitrogens with one attached hydrogen (secondary N) is 3. The van der Waals surface area contributed by atoms with Gasteiger partial charge in [-0.25, -0.2) is 18.7 Å². The van der Waals surface area contributed by atoms with Crippen molar-refractivity contribution < 1.29 is 23.2 Å². The van der Waals surface area contributed by atoms with Crippen LogP contribution in [0.5, 0.6) is 5.75 Å². The van der Waals surface area contributed by atoms with Crippen molar-refractivity contribution in [1.82, 2.24) is 15.4 Å². The van der Waals surface area contributed by atoms with E-state index >= 15 is 0 Å². The van der Waals surface area contributed by atoms with Crippen LogP contribution in [0.25, 0.3) is 0 Å². The molecule has 154 valence electrons. The smallest absolute Gasteiger partial charge is 0.355 e. The number of hydrogen-bond acceptors (Lipinski definition) is 8. The van der Waals surface area contributed by atoms with Crippen molar-refractivity contribution in [1.29, 1.82) is 0 Å². The number of aromatic nitrogens is 2. The van der Waals surface area contributed by atoms with Crippen molar-refractivity contribution in [3.8, 4) is 5.75 Å². The highest BCUT2D eigenvalue weighted by atomic mass is 19.1. The third kappa shape index (κ3) is 4.55. The molecule has 0 unspecified atom stereocenters. The molecule has 2 aromatic carbocycles. The van der Waals surface area contributed by atoms with Gasteiger partial charge in [0.25, 0.3) is 5.91 Å². The average Bonchev–Trinajstić information content (AvgIpc) is 2.74. The predicted molar refractivity (Wildman–Crippen MR) is 102 cm³/mol. The summed E-state index contributed by atoms with van der Waals surface area (Å²) >= 11 is 0. The highest BCUT2D eigenvalue weighted by Crippen LogP contribution is 2.31. The van der Waals surface area contributed by atoms with Crippen LogP contribution in [0.2, 0.25) is 0 Å². The van der Waals surface area contributed by atoms with Gasteiger partial charge in [0.2, 0.25) is 11.6 Å². The van der Waals surface area contributed by atoms with E-state index in [1.54, 1.807) is 12.1 Å². The lowest BCUT2D eigenvalue weighted by atomic mass is 10.2. The Bertz CT molecular complexity index is 1090. The summed E-state index contributed by atoms with van der Waals surface area (Å²) < 4.78 is 32.2. The van der Waals surface area contributed by atoms with Gasteiger partial charge in [-0.05, 0) is 36.4 Å². The van der Waals surface area contributed by atoms with E-state index in [2.05, 4.69) is 26.1 Å². The van der Waals surface area contributed by atoms with E-state index in [9.17, 15) is 23.7 Å². The number of anilines is 3. The SMILES string of the molecule is COc1ccc(C(=O)NNc2ncnc(Nc3cc(F)ccc3F)c2[N+](=O)[O-])cc1. The summed E-state index contributed by atoms with van der Waals surface area (Å²) in [5.74, 6) is -2.41. The van der Waals surface area contributed by atoms with Crippen molar-refractivity contribution in [3.05, 3.63) is 76.1 Å². The van der Waals surface area contributed by atoms with Crippen LogP contribution in [0, 0.1) is 21.7 Å². The van der Waals surface area contributed by atoms with Crippen LogP contribution >= 0.6 is 0 Å². The van der Waals surface area contributed by atoms with Crippen LogP contribution in [-0.4, -0.2) is 27.9 Å². The Balaban J connectivity index is 1.82. The number of rotatable bonds is 7. The van der Waals surface area contributed by atoms with E-state index in [-0.39, 0.29) is 17.1 Å². The van der Waals surface area contributed by atoms with Crippen LogP contribution in [0.3, 0.4) is 0 Å². The first-order chi connectivity index (χ1) is 14.4. The Hall–Kier alpha value is -4.35. The number of nitro groups is 1. The molecule has 0 aliphatic rings. The molecule has 0 aliphatic heterocycles. The summed E-state index contributed by atoms with van der Waals surface area (Å²) in [6.45, 7) is 0. The largest absolute Gasteiger partial charge is 0.497 e. The van der Waals surface area contributed by atoms with Crippen molar-refractivity contribution in [2.45, 2.75) is 0 Å². The number of benzene rings is 2. The Morgan fingerprint density at radius 2 is 1.80 bits per heavy atom. The first-order valence-electron chi connectivity index (χ1n) is 8.31. The minimum atomic E-state index is -0.841. The van der Waals surface area contributed by atoms with Crippen LogP contribution < -0.4 is 20.9 Å². The Morgan fingerprint density at radius 1 is 1.10 bits per heavy atom. The molecule has 1 amide bonds. The predicted octanol–water partition coefficient (Wildman–Crippen LogP) is 3.17. The second-order valence-corrected chi connectivity index (χ2v) is 5.73. The summed E-state index contributed by atoms with van der Waals surface area (Å²) in [6, 6.07) is 8.69. The summed E-state index contributed by atoms with van der Waals surface area (Å²) in [7, 11) is 1.48. The summed E-state index contributed by atoms with van der Waals surface area (Å²) in [6.07, 6.45) is 0.953. The fraction of sp³-hybridized carbons (Fsp3) is 0.0556.